The van der Waals surface area contributed by atoms with E-state index in [2.05, 4.69) is 10.5 Å². The second-order valence-electron chi connectivity index (χ2n) is 5.92. The first kappa shape index (κ1) is 18.9. The molecular formula is C21H17N3O4. The van der Waals surface area contributed by atoms with Crippen molar-refractivity contribution in [3.05, 3.63) is 112 Å². The van der Waals surface area contributed by atoms with Gasteiger partial charge in [-0.25, -0.2) is 5.43 Å². The van der Waals surface area contributed by atoms with E-state index < -0.39 is 16.9 Å². The highest BCUT2D eigenvalue weighted by atomic mass is 16.6. The maximum atomic E-state index is 12.4. The van der Waals surface area contributed by atoms with Gasteiger partial charge in [0.2, 0.25) is 0 Å². The van der Waals surface area contributed by atoms with Crippen molar-refractivity contribution in [2.75, 3.05) is 0 Å². The van der Waals surface area contributed by atoms with Crippen molar-refractivity contribution in [1.29, 1.82) is 0 Å². The van der Waals surface area contributed by atoms with E-state index in [1.165, 1.54) is 24.3 Å². The van der Waals surface area contributed by atoms with Gasteiger partial charge in [0.1, 0.15) is 11.8 Å². The molecule has 140 valence electrons. The van der Waals surface area contributed by atoms with Crippen LogP contribution >= 0.6 is 0 Å². The van der Waals surface area contributed by atoms with Crippen LogP contribution in [0.15, 0.2) is 90.0 Å². The van der Waals surface area contributed by atoms with Crippen LogP contribution in [0.5, 0.6) is 0 Å². The third-order valence-electron chi connectivity index (χ3n) is 4.06. The van der Waals surface area contributed by atoms with Crippen LogP contribution in [0.25, 0.3) is 0 Å². The SMILES string of the molecule is O=C(NN=C(c1ccccc1)C(O)c1ccccc1)c1ccc([N+](=O)[O-])cc1. The molecule has 0 fully saturated rings. The van der Waals surface area contributed by atoms with E-state index in [0.29, 0.717) is 11.1 Å². The Morgan fingerprint density at radius 2 is 1.46 bits per heavy atom. The number of hydrogen-bond acceptors (Lipinski definition) is 5. The van der Waals surface area contributed by atoms with Gasteiger partial charge in [0, 0.05) is 23.3 Å². The lowest BCUT2D eigenvalue weighted by Gasteiger charge is -2.15. The van der Waals surface area contributed by atoms with Gasteiger partial charge in [0.25, 0.3) is 11.6 Å². The molecule has 3 rings (SSSR count). The molecule has 0 bridgehead atoms. The Kier molecular flexibility index (Phi) is 5.88. The van der Waals surface area contributed by atoms with Gasteiger partial charge in [-0.1, -0.05) is 60.7 Å². The standard InChI is InChI=1S/C21H17N3O4/c25-20(16-9-5-2-6-10-16)19(15-7-3-1-4-8-15)22-23-21(26)17-11-13-18(14-12-17)24(27)28/h1-14,20,25H,(H,23,26). The van der Waals surface area contributed by atoms with Gasteiger partial charge in [0.15, 0.2) is 0 Å². The summed E-state index contributed by atoms with van der Waals surface area (Å²) in [5, 5.41) is 25.6. The molecule has 1 unspecified atom stereocenters. The quantitative estimate of drug-likeness (QED) is 0.391. The monoisotopic (exact) mass is 375 g/mol. The average Bonchev–Trinajstić information content (AvgIpc) is 2.75. The summed E-state index contributed by atoms with van der Waals surface area (Å²) in [5.41, 5.74) is 4.10. The van der Waals surface area contributed by atoms with E-state index in [1.54, 1.807) is 48.5 Å². The molecule has 0 radical (unpaired) electrons. The van der Waals surface area contributed by atoms with Crippen molar-refractivity contribution >= 4 is 17.3 Å². The summed E-state index contributed by atoms with van der Waals surface area (Å²) < 4.78 is 0. The normalized spacial score (nSPS) is 12.2. The molecule has 0 aliphatic heterocycles. The number of nitrogens with zero attached hydrogens (tertiary/aromatic N) is 2. The number of aliphatic hydroxyl groups is 1. The van der Waals surface area contributed by atoms with Crippen molar-refractivity contribution < 1.29 is 14.8 Å². The van der Waals surface area contributed by atoms with Crippen LogP contribution in [-0.4, -0.2) is 21.6 Å². The number of nitrogens with one attached hydrogen (secondary N) is 1. The van der Waals surface area contributed by atoms with Crippen molar-refractivity contribution in [2.24, 2.45) is 5.10 Å². The topological polar surface area (TPSA) is 105 Å². The van der Waals surface area contributed by atoms with Crippen LogP contribution in [0.2, 0.25) is 0 Å². The summed E-state index contributed by atoms with van der Waals surface area (Å²) in [6.07, 6.45) is -1.04. The van der Waals surface area contributed by atoms with Crippen LogP contribution in [0.1, 0.15) is 27.6 Å². The molecule has 7 nitrogen and oxygen atoms in total. The molecule has 0 heterocycles. The van der Waals surface area contributed by atoms with Crippen molar-refractivity contribution in [2.45, 2.75) is 6.10 Å². The lowest BCUT2D eigenvalue weighted by atomic mass is 9.99. The lowest BCUT2D eigenvalue weighted by Crippen LogP contribution is -2.23. The van der Waals surface area contributed by atoms with E-state index >= 15 is 0 Å². The Morgan fingerprint density at radius 3 is 2.04 bits per heavy atom. The second-order valence-corrected chi connectivity index (χ2v) is 5.92. The van der Waals surface area contributed by atoms with Crippen LogP contribution in [-0.2, 0) is 0 Å². The average molecular weight is 375 g/mol. The number of amides is 1. The van der Waals surface area contributed by atoms with Gasteiger partial charge in [-0.05, 0) is 17.7 Å². The molecule has 2 N–H and O–H groups in total. The lowest BCUT2D eigenvalue weighted by molar-refractivity contribution is -0.384. The summed E-state index contributed by atoms with van der Waals surface area (Å²) in [6, 6.07) is 23.2. The predicted molar refractivity (Wildman–Crippen MR) is 105 cm³/mol. The number of carbonyl (C=O) groups excluding carboxylic acids is 1. The number of rotatable bonds is 6. The van der Waals surface area contributed by atoms with E-state index in [4.69, 9.17) is 0 Å². The van der Waals surface area contributed by atoms with E-state index in [1.807, 2.05) is 12.1 Å². The zero-order valence-electron chi connectivity index (χ0n) is 14.7. The molecule has 0 saturated carbocycles. The van der Waals surface area contributed by atoms with Crippen molar-refractivity contribution in [3.8, 4) is 0 Å². The van der Waals surface area contributed by atoms with Crippen molar-refractivity contribution in [1.82, 2.24) is 5.43 Å². The van der Waals surface area contributed by atoms with Gasteiger partial charge >= 0.3 is 0 Å². The fourth-order valence-electron chi connectivity index (χ4n) is 2.60. The predicted octanol–water partition coefficient (Wildman–Crippen LogP) is 3.46. The molecule has 1 atom stereocenters. The third-order valence-corrected chi connectivity index (χ3v) is 4.06. The molecule has 0 aromatic heterocycles. The number of aliphatic hydroxyl groups excluding tert-OH is 1. The molecule has 28 heavy (non-hydrogen) atoms. The van der Waals surface area contributed by atoms with E-state index in [0.717, 1.165) is 0 Å². The number of benzene rings is 3. The van der Waals surface area contributed by atoms with Gasteiger partial charge in [-0.3, -0.25) is 14.9 Å². The van der Waals surface area contributed by atoms with Gasteiger partial charge in [-0.2, -0.15) is 5.10 Å². The molecule has 3 aromatic rings. The van der Waals surface area contributed by atoms with Crippen LogP contribution in [0.3, 0.4) is 0 Å². The number of nitro groups is 1. The minimum atomic E-state index is -1.04. The third kappa shape index (κ3) is 4.46. The first-order valence-corrected chi connectivity index (χ1v) is 8.47. The highest BCUT2D eigenvalue weighted by Gasteiger charge is 2.18. The highest BCUT2D eigenvalue weighted by Crippen LogP contribution is 2.19. The summed E-state index contributed by atoms with van der Waals surface area (Å²) in [6.45, 7) is 0. The largest absolute Gasteiger partial charge is 0.382 e. The highest BCUT2D eigenvalue weighted by molar-refractivity contribution is 6.05. The summed E-state index contributed by atoms with van der Waals surface area (Å²) in [7, 11) is 0. The minimum absolute atomic E-state index is 0.107. The summed E-state index contributed by atoms with van der Waals surface area (Å²) in [5.74, 6) is -0.538. The van der Waals surface area contributed by atoms with Gasteiger partial charge < -0.3 is 5.11 Å². The number of nitro benzene ring substituents is 1. The van der Waals surface area contributed by atoms with Crippen LogP contribution < -0.4 is 5.43 Å². The van der Waals surface area contributed by atoms with Gasteiger partial charge in [-0.15, -0.1) is 0 Å². The number of non-ortho nitro benzene ring substituents is 1. The first-order valence-electron chi connectivity index (χ1n) is 8.47. The number of carbonyl (C=O) groups is 1. The fourth-order valence-corrected chi connectivity index (χ4v) is 2.60. The van der Waals surface area contributed by atoms with Crippen LogP contribution in [0.4, 0.5) is 5.69 Å². The fraction of sp³-hybridized carbons (Fsp3) is 0.0476. The molecule has 0 aliphatic rings. The maximum absolute atomic E-state index is 12.4. The number of hydrazone groups is 1. The first-order chi connectivity index (χ1) is 13.6. The molecular weight excluding hydrogens is 358 g/mol. The Morgan fingerprint density at radius 1 is 0.893 bits per heavy atom. The summed E-state index contributed by atoms with van der Waals surface area (Å²) >= 11 is 0. The smallest absolute Gasteiger partial charge is 0.271 e. The molecule has 0 aliphatic carbocycles. The molecule has 7 heteroatoms. The molecule has 3 aromatic carbocycles. The molecule has 0 saturated heterocycles. The second kappa shape index (κ2) is 8.70. The zero-order chi connectivity index (χ0) is 19.9. The Bertz CT molecular complexity index is 987. The Hall–Kier alpha value is -3.84. The zero-order valence-corrected chi connectivity index (χ0v) is 14.7. The van der Waals surface area contributed by atoms with Gasteiger partial charge in [0.05, 0.1) is 4.92 Å². The molecule has 1 amide bonds. The van der Waals surface area contributed by atoms with Crippen molar-refractivity contribution in [3.63, 3.8) is 0 Å². The van der Waals surface area contributed by atoms with Crippen LogP contribution in [0, 0.1) is 10.1 Å². The Labute approximate surface area is 161 Å². The number of hydrogen-bond donors (Lipinski definition) is 2. The summed E-state index contributed by atoms with van der Waals surface area (Å²) in [4.78, 5) is 22.5. The Balaban J connectivity index is 1.86. The maximum Gasteiger partial charge on any atom is 0.271 e. The van der Waals surface area contributed by atoms with E-state index in [-0.39, 0.29) is 17.0 Å². The molecule has 0 spiro atoms. The minimum Gasteiger partial charge on any atom is -0.382 e. The van der Waals surface area contributed by atoms with E-state index in [9.17, 15) is 20.0 Å².